The highest BCUT2D eigenvalue weighted by Gasteiger charge is 2.46. The van der Waals surface area contributed by atoms with Gasteiger partial charge in [-0.2, -0.15) is 4.98 Å². The van der Waals surface area contributed by atoms with E-state index in [1.165, 1.54) is 10.9 Å². The molecule has 4 atom stereocenters. The van der Waals surface area contributed by atoms with Crippen LogP contribution in [0, 0.1) is 5.92 Å². The molecule has 1 unspecified atom stereocenters. The van der Waals surface area contributed by atoms with Gasteiger partial charge in [0, 0.05) is 11.0 Å². The first kappa shape index (κ1) is 34.9. The van der Waals surface area contributed by atoms with Crippen molar-refractivity contribution in [1.29, 1.82) is 0 Å². The van der Waals surface area contributed by atoms with E-state index in [1.54, 1.807) is 28.1 Å². The number of hydrogen-bond donors (Lipinski definition) is 2. The van der Waals surface area contributed by atoms with Gasteiger partial charge in [-0.1, -0.05) is 68.4 Å². The van der Waals surface area contributed by atoms with Crippen LogP contribution in [0.3, 0.4) is 0 Å². The molecule has 0 bridgehead atoms. The van der Waals surface area contributed by atoms with Crippen LogP contribution in [0.15, 0.2) is 95.0 Å². The molecule has 0 amide bonds. The van der Waals surface area contributed by atoms with Crippen LogP contribution in [-0.4, -0.2) is 63.3 Å². The molecule has 1 fully saturated rings. The zero-order valence-electron chi connectivity index (χ0n) is 27.8. The lowest BCUT2D eigenvalue weighted by atomic mass is 9.80. The van der Waals surface area contributed by atoms with Gasteiger partial charge in [0.2, 0.25) is 5.95 Å². The van der Waals surface area contributed by atoms with Crippen LogP contribution in [0.2, 0.25) is 0 Å². The molecular weight excluding hydrogens is 665 g/mol. The molecule has 1 aliphatic heterocycles. The lowest BCUT2D eigenvalue weighted by Gasteiger charge is -2.37. The molecule has 6 rings (SSSR count). The van der Waals surface area contributed by atoms with E-state index < -0.39 is 49.7 Å². The van der Waals surface area contributed by atoms with E-state index in [2.05, 4.69) is 19.9 Å². The largest absolute Gasteiger partial charge is 0.861 e. The highest BCUT2D eigenvalue weighted by Crippen LogP contribution is 2.44. The van der Waals surface area contributed by atoms with Crippen molar-refractivity contribution in [2.75, 3.05) is 20.8 Å². The van der Waals surface area contributed by atoms with Crippen LogP contribution in [-0.2, 0) is 24.2 Å². The summed E-state index contributed by atoms with van der Waals surface area (Å²) in [7, 11) is 0.166. The first-order valence-electron chi connectivity index (χ1n) is 15.8. The minimum absolute atomic E-state index is 0.0112. The standard InChI is InChI=1S/C35H36N5O9P/c1-21(2)32(41)38-34-37-31-30(33(42)39-34)36-20-40(31)29-18-27(49-50(43)44)28(48-29)19-47-35(22-8-6-5-7-9-22,23-10-14-25(45-3)15-11-23)24-12-16-26(46-4)17-13-24/h5-17,20-21,27-29H,18-19H2,1-4H3,(H2-,37,38,39,41,42,43,44)/t27-,28+,29+/m0/s1. The molecule has 15 heteroatoms. The smallest absolute Gasteiger partial charge is 0.695 e. The third-order valence-electron chi connectivity index (χ3n) is 8.48. The third-order valence-corrected chi connectivity index (χ3v) is 8.93. The Morgan fingerprint density at radius 1 is 1.04 bits per heavy atom. The summed E-state index contributed by atoms with van der Waals surface area (Å²) in [6, 6.07) is 24.7. The van der Waals surface area contributed by atoms with Crippen molar-refractivity contribution in [2.24, 2.45) is 10.9 Å². The number of rotatable bonds is 13. The number of aliphatic imine (C=N–C) groups is 1. The molecular formula is C35H36N5O9P. The summed E-state index contributed by atoms with van der Waals surface area (Å²) in [6.07, 6.45) is -1.12. The van der Waals surface area contributed by atoms with Gasteiger partial charge >= 0.3 is 8.25 Å². The van der Waals surface area contributed by atoms with E-state index in [9.17, 15) is 19.4 Å². The predicted octanol–water partition coefficient (Wildman–Crippen LogP) is 4.51. The Kier molecular flexibility index (Phi) is 10.4. The molecule has 3 heterocycles. The average Bonchev–Trinajstić information content (AvgIpc) is 3.73. The Bertz CT molecular complexity index is 1980. The van der Waals surface area contributed by atoms with Crippen molar-refractivity contribution >= 4 is 31.3 Å². The molecule has 0 saturated carbocycles. The van der Waals surface area contributed by atoms with E-state index in [4.69, 9.17) is 23.5 Å². The molecule has 0 radical (unpaired) electrons. The van der Waals surface area contributed by atoms with Crippen LogP contribution < -0.4 is 20.1 Å². The Labute approximate surface area is 288 Å². The van der Waals surface area contributed by atoms with Crippen LogP contribution in [0.25, 0.3) is 11.2 Å². The molecule has 3 aromatic carbocycles. The number of methoxy groups -OCH3 is 2. The van der Waals surface area contributed by atoms with Gasteiger partial charge in [0.05, 0.1) is 27.2 Å². The highest BCUT2D eigenvalue weighted by molar-refractivity contribution is 7.32. The van der Waals surface area contributed by atoms with Gasteiger partial charge in [0.1, 0.15) is 35.5 Å². The lowest BCUT2D eigenvalue weighted by Crippen LogP contribution is -2.38. The van der Waals surface area contributed by atoms with Crippen LogP contribution in [0.4, 0.5) is 5.95 Å². The van der Waals surface area contributed by atoms with Gasteiger partial charge < -0.3 is 24.1 Å². The molecule has 2 aromatic heterocycles. The van der Waals surface area contributed by atoms with Gasteiger partial charge in [0.15, 0.2) is 11.2 Å². The predicted molar refractivity (Wildman–Crippen MR) is 182 cm³/mol. The number of hydrogen-bond acceptors (Lipinski definition) is 11. The quantitative estimate of drug-likeness (QED) is 0.0762. The molecule has 0 aliphatic carbocycles. The fraction of sp³-hybridized carbons (Fsp3) is 0.314. The summed E-state index contributed by atoms with van der Waals surface area (Å²) < 4.78 is 43.3. The highest BCUT2D eigenvalue weighted by atomic mass is 31.1. The maximum absolute atomic E-state index is 12.8. The Hall–Kier alpha value is -4.98. The Morgan fingerprint density at radius 3 is 2.20 bits per heavy atom. The third kappa shape index (κ3) is 7.02. The minimum atomic E-state index is -3.02. The van der Waals surface area contributed by atoms with Gasteiger partial charge in [-0.05, 0) is 52.8 Å². The second kappa shape index (κ2) is 14.9. The maximum atomic E-state index is 12.8. The molecule has 5 aromatic rings. The lowest BCUT2D eigenvalue weighted by molar-refractivity contribution is -0.222. The second-order valence-electron chi connectivity index (χ2n) is 11.9. The summed E-state index contributed by atoms with van der Waals surface area (Å²) in [5, 5.41) is 12.3. The topological polar surface area (TPSA) is 182 Å². The summed E-state index contributed by atoms with van der Waals surface area (Å²) in [5.74, 6) is 0.300. The number of aromatic nitrogens is 4. The maximum Gasteiger partial charge on any atom is 0.695 e. The summed E-state index contributed by atoms with van der Waals surface area (Å²) in [4.78, 5) is 37.7. The summed E-state index contributed by atoms with van der Waals surface area (Å²) in [6.45, 7) is 3.27. The van der Waals surface area contributed by atoms with E-state index in [0.29, 0.717) is 11.5 Å². The fourth-order valence-electron chi connectivity index (χ4n) is 5.94. The SMILES string of the molecule is COc1ccc(C(OC[C@H]2O[C@@H](n3cnc4c(=O)[nH]c(N=C([O-])C(C)C)nc43)C[C@@H]2O[P+](=O)O)(c2ccccc2)c2ccc(OC)cc2)cc1. The molecule has 260 valence electrons. The monoisotopic (exact) mass is 701 g/mol. The molecule has 14 nitrogen and oxygen atoms in total. The zero-order chi connectivity index (χ0) is 35.4. The van der Waals surface area contributed by atoms with Gasteiger partial charge in [-0.25, -0.2) is 9.98 Å². The number of imidazole rings is 1. The van der Waals surface area contributed by atoms with E-state index in [1.807, 2.05) is 78.9 Å². The van der Waals surface area contributed by atoms with Gasteiger partial charge in [-0.3, -0.25) is 14.3 Å². The van der Waals surface area contributed by atoms with Crippen molar-refractivity contribution in [3.05, 3.63) is 112 Å². The number of fused-ring (bicyclic) bond motifs is 1. The van der Waals surface area contributed by atoms with Gasteiger partial charge in [-0.15, -0.1) is 9.42 Å². The molecule has 50 heavy (non-hydrogen) atoms. The first-order chi connectivity index (χ1) is 24.1. The van der Waals surface area contributed by atoms with Gasteiger partial charge in [0.25, 0.3) is 5.56 Å². The summed E-state index contributed by atoms with van der Waals surface area (Å²) in [5.41, 5.74) is 0.738. The van der Waals surface area contributed by atoms with Crippen molar-refractivity contribution in [3.8, 4) is 11.5 Å². The van der Waals surface area contributed by atoms with E-state index in [-0.39, 0.29) is 30.1 Å². The fourth-order valence-corrected chi connectivity index (χ4v) is 6.39. The van der Waals surface area contributed by atoms with Crippen molar-refractivity contribution in [3.63, 3.8) is 0 Å². The number of H-pyrrole nitrogens is 1. The number of nitrogens with one attached hydrogen (secondary N) is 1. The van der Waals surface area contributed by atoms with Crippen LogP contribution in [0.1, 0.15) is 43.2 Å². The Balaban J connectivity index is 1.40. The van der Waals surface area contributed by atoms with E-state index in [0.717, 1.165) is 16.7 Å². The Morgan fingerprint density at radius 2 is 1.64 bits per heavy atom. The van der Waals surface area contributed by atoms with E-state index >= 15 is 0 Å². The van der Waals surface area contributed by atoms with Crippen molar-refractivity contribution in [1.82, 2.24) is 19.5 Å². The van der Waals surface area contributed by atoms with Crippen molar-refractivity contribution < 1.29 is 38.0 Å². The minimum Gasteiger partial charge on any atom is -0.861 e. The molecule has 2 N–H and O–H groups in total. The zero-order valence-corrected chi connectivity index (χ0v) is 28.7. The first-order valence-corrected chi connectivity index (χ1v) is 16.9. The number of ether oxygens (including phenoxy) is 4. The van der Waals surface area contributed by atoms with Crippen LogP contribution in [0.5, 0.6) is 11.5 Å². The summed E-state index contributed by atoms with van der Waals surface area (Å²) >= 11 is 0. The molecule has 0 spiro atoms. The number of nitrogens with zero attached hydrogens (tertiary/aromatic N) is 4. The second-order valence-corrected chi connectivity index (χ2v) is 12.6. The number of benzene rings is 3. The average molecular weight is 702 g/mol. The molecule has 1 aliphatic rings. The van der Waals surface area contributed by atoms with Crippen molar-refractivity contribution in [2.45, 2.75) is 44.3 Å². The van der Waals surface area contributed by atoms with Crippen LogP contribution >= 0.6 is 8.25 Å². The normalized spacial score (nSPS) is 18.5. The number of aromatic amines is 1. The molecule has 1 saturated heterocycles.